The number of hydrogen-bond acceptors (Lipinski definition) is 4. The van der Waals surface area contributed by atoms with Crippen LogP contribution in [0.15, 0.2) is 173 Å². The molecule has 4 heteroatoms. The molecule has 11 aromatic rings. The molecule has 340 valence electrons. The summed E-state index contributed by atoms with van der Waals surface area (Å²) < 4.78 is 13.9. The van der Waals surface area contributed by atoms with E-state index in [2.05, 4.69) is 219 Å². The van der Waals surface area contributed by atoms with E-state index < -0.39 is 0 Å². The fraction of sp³-hybridized carbons (Fsp3) is 0.197. The number of fused-ring (bicyclic) bond motifs is 19. The van der Waals surface area contributed by atoms with Gasteiger partial charge in [0.1, 0.15) is 22.3 Å². The molecule has 0 unspecified atom stereocenters. The van der Waals surface area contributed by atoms with Crippen molar-refractivity contribution in [2.75, 3.05) is 4.90 Å². The smallest absolute Gasteiger partial charge is 0.145 e. The second kappa shape index (κ2) is 13.8. The van der Waals surface area contributed by atoms with Crippen molar-refractivity contribution < 1.29 is 8.83 Å². The van der Waals surface area contributed by atoms with Crippen molar-refractivity contribution in [2.45, 2.75) is 84.0 Å². The maximum absolute atomic E-state index is 7.07. The summed E-state index contributed by atoms with van der Waals surface area (Å²) in [5, 5.41) is 4.68. The number of rotatable bonds is 4. The highest BCUT2D eigenvalue weighted by Gasteiger charge is 2.49. The molecule has 0 N–H and O–H groups in total. The van der Waals surface area contributed by atoms with Gasteiger partial charge in [-0.1, -0.05) is 159 Å². The number of hydrogen-bond donors (Lipinski definition) is 0. The second-order valence-corrected chi connectivity index (χ2v) is 22.6. The van der Waals surface area contributed by atoms with Crippen LogP contribution in [0.4, 0.5) is 17.1 Å². The van der Waals surface area contributed by atoms with E-state index >= 15 is 0 Å². The number of aromatic nitrogens is 1. The molecule has 0 atom stereocenters. The highest BCUT2D eigenvalue weighted by molar-refractivity contribution is 6.21. The first-order valence-electron chi connectivity index (χ1n) is 24.9. The molecule has 0 aliphatic heterocycles. The molecule has 3 aliphatic carbocycles. The Hall–Kier alpha value is -7.69. The molecule has 0 spiro atoms. The summed E-state index contributed by atoms with van der Waals surface area (Å²) in [6.45, 7) is 21.5. The lowest BCUT2D eigenvalue weighted by Crippen LogP contribution is -2.24. The van der Waals surface area contributed by atoms with Crippen LogP contribution in [0.5, 0.6) is 0 Å². The average Bonchev–Trinajstić information content (AvgIpc) is 4.11. The average molecular weight is 907 g/mol. The first-order valence-corrected chi connectivity index (χ1v) is 24.9. The second-order valence-electron chi connectivity index (χ2n) is 22.6. The summed E-state index contributed by atoms with van der Waals surface area (Å²) in [5.41, 5.74) is 25.0. The van der Waals surface area contributed by atoms with E-state index in [0.29, 0.717) is 0 Å². The fourth-order valence-corrected chi connectivity index (χ4v) is 13.3. The first kappa shape index (κ1) is 41.3. The van der Waals surface area contributed by atoms with E-state index in [0.717, 1.165) is 55.7 Å². The molecule has 70 heavy (non-hydrogen) atoms. The van der Waals surface area contributed by atoms with Crippen LogP contribution in [-0.2, 0) is 21.7 Å². The van der Waals surface area contributed by atoms with Crippen LogP contribution in [0.2, 0.25) is 0 Å². The molecule has 14 rings (SSSR count). The number of pyridine rings is 1. The Morgan fingerprint density at radius 3 is 1.67 bits per heavy atom. The Morgan fingerprint density at radius 2 is 0.986 bits per heavy atom. The Labute approximate surface area is 409 Å². The molecular formula is C66H54N2O2. The van der Waals surface area contributed by atoms with Crippen molar-refractivity contribution in [3.05, 3.63) is 203 Å². The van der Waals surface area contributed by atoms with Crippen molar-refractivity contribution in [2.24, 2.45) is 0 Å². The molecule has 0 fully saturated rings. The molecule has 3 heterocycles. The van der Waals surface area contributed by atoms with E-state index in [1.54, 1.807) is 0 Å². The number of furan rings is 2. The van der Waals surface area contributed by atoms with Gasteiger partial charge >= 0.3 is 0 Å². The molecule has 0 radical (unpaired) electrons. The molecule has 0 saturated carbocycles. The van der Waals surface area contributed by atoms with E-state index in [4.69, 9.17) is 13.8 Å². The lowest BCUT2D eigenvalue weighted by molar-refractivity contribution is 0.591. The van der Waals surface area contributed by atoms with Gasteiger partial charge in [-0.3, -0.25) is 4.98 Å². The lowest BCUT2D eigenvalue weighted by Gasteiger charge is -2.34. The van der Waals surface area contributed by atoms with E-state index in [1.165, 1.54) is 88.8 Å². The van der Waals surface area contributed by atoms with Crippen molar-refractivity contribution in [1.82, 2.24) is 4.98 Å². The van der Waals surface area contributed by atoms with Crippen LogP contribution < -0.4 is 4.90 Å². The molecule has 3 aliphatic rings. The largest absolute Gasteiger partial charge is 0.455 e. The standard InChI is InChI=1S/C66H54N2O2/c1-63(2,3)46-24-14-15-26-51(46)68(37-29-31-40-47(34-37)64(4,5)49-36-44(50-25-18-19-33-67-50)61-56(54(40)49)42-21-11-16-27-52(42)69-61)38-30-32-41-48(35-38)66(8,9)60-58(41)62-57(43-22-12-17-28-53(43)70-62)55-39-20-10-13-23-45(39)65(6,7)59(55)60/h10-36H,1-9H3. The number of para-hydroxylation sites is 3. The molecule has 4 nitrogen and oxygen atoms in total. The molecule has 0 bridgehead atoms. The third-order valence-electron chi connectivity index (χ3n) is 16.6. The van der Waals surface area contributed by atoms with Gasteiger partial charge in [0, 0.05) is 72.2 Å². The Morgan fingerprint density at radius 1 is 0.443 bits per heavy atom. The predicted octanol–water partition coefficient (Wildman–Crippen LogP) is 18.2. The van der Waals surface area contributed by atoms with Crippen molar-refractivity contribution >= 4 is 60.9 Å². The summed E-state index contributed by atoms with van der Waals surface area (Å²) in [4.78, 5) is 7.39. The Bertz CT molecular complexity index is 4080. The minimum Gasteiger partial charge on any atom is -0.455 e. The lowest BCUT2D eigenvalue weighted by atomic mass is 9.72. The topological polar surface area (TPSA) is 42.4 Å². The van der Waals surface area contributed by atoms with E-state index in [1.807, 2.05) is 12.3 Å². The minimum absolute atomic E-state index is 0.128. The van der Waals surface area contributed by atoms with Gasteiger partial charge in [-0.25, -0.2) is 0 Å². The number of nitrogens with zero attached hydrogens (tertiary/aromatic N) is 2. The van der Waals surface area contributed by atoms with Gasteiger partial charge in [0.15, 0.2) is 0 Å². The molecule has 0 amide bonds. The first-order chi connectivity index (χ1) is 33.7. The van der Waals surface area contributed by atoms with Gasteiger partial charge in [0.05, 0.1) is 5.69 Å². The maximum Gasteiger partial charge on any atom is 0.145 e. The predicted molar refractivity (Wildman–Crippen MR) is 290 cm³/mol. The summed E-state index contributed by atoms with van der Waals surface area (Å²) in [6, 6.07) is 58.1. The minimum atomic E-state index is -0.349. The number of benzene rings is 8. The van der Waals surface area contributed by atoms with Gasteiger partial charge < -0.3 is 13.7 Å². The van der Waals surface area contributed by atoms with Crippen molar-refractivity contribution in [1.29, 1.82) is 0 Å². The Kier molecular flexibility index (Phi) is 8.12. The third kappa shape index (κ3) is 5.29. The zero-order valence-electron chi connectivity index (χ0n) is 41.3. The highest BCUT2D eigenvalue weighted by Crippen LogP contribution is 2.64. The van der Waals surface area contributed by atoms with E-state index in [9.17, 15) is 0 Å². The van der Waals surface area contributed by atoms with E-state index in [-0.39, 0.29) is 21.7 Å². The zero-order valence-corrected chi connectivity index (χ0v) is 41.3. The monoisotopic (exact) mass is 906 g/mol. The summed E-state index contributed by atoms with van der Waals surface area (Å²) in [5.74, 6) is 0. The third-order valence-corrected chi connectivity index (χ3v) is 16.6. The van der Waals surface area contributed by atoms with Crippen LogP contribution in [0.1, 0.15) is 101 Å². The van der Waals surface area contributed by atoms with Gasteiger partial charge in [-0.05, 0) is 133 Å². The molecule has 3 aromatic heterocycles. The zero-order chi connectivity index (χ0) is 47.8. The van der Waals surface area contributed by atoms with Gasteiger partial charge in [0.2, 0.25) is 0 Å². The fourth-order valence-electron chi connectivity index (χ4n) is 13.3. The summed E-state index contributed by atoms with van der Waals surface area (Å²) in [7, 11) is 0. The molecule has 0 saturated heterocycles. The SMILES string of the molecule is CC(C)(C)c1ccccc1N(c1ccc2c(c1)C(C)(C)c1cc(-c3ccccn3)c3oc4ccccc4c3c1-2)c1ccc2c(c1)C(C)(C)c1c3c(c4c(oc5ccccc54)c1-2)-c1ccccc1C3(C)C. The van der Waals surface area contributed by atoms with Crippen LogP contribution in [0.25, 0.3) is 88.5 Å². The van der Waals surface area contributed by atoms with Gasteiger partial charge in [0.25, 0.3) is 0 Å². The van der Waals surface area contributed by atoms with Crippen molar-refractivity contribution in [3.63, 3.8) is 0 Å². The maximum atomic E-state index is 7.07. The van der Waals surface area contributed by atoms with Crippen LogP contribution in [0, 0.1) is 0 Å². The quantitative estimate of drug-likeness (QED) is 0.176. The summed E-state index contributed by atoms with van der Waals surface area (Å²) in [6.07, 6.45) is 1.87. The molecule has 8 aromatic carbocycles. The van der Waals surface area contributed by atoms with Crippen LogP contribution >= 0.6 is 0 Å². The van der Waals surface area contributed by atoms with Gasteiger partial charge in [-0.15, -0.1) is 0 Å². The Balaban J connectivity index is 1.01. The number of anilines is 3. The highest BCUT2D eigenvalue weighted by atomic mass is 16.3. The van der Waals surface area contributed by atoms with Crippen LogP contribution in [-0.4, -0.2) is 4.98 Å². The molecular weight excluding hydrogens is 853 g/mol. The normalized spacial score (nSPS) is 15.6. The van der Waals surface area contributed by atoms with Crippen LogP contribution in [0.3, 0.4) is 0 Å². The van der Waals surface area contributed by atoms with Crippen molar-refractivity contribution in [3.8, 4) is 44.6 Å². The van der Waals surface area contributed by atoms with Gasteiger partial charge in [-0.2, -0.15) is 0 Å². The summed E-state index contributed by atoms with van der Waals surface area (Å²) >= 11 is 0.